The van der Waals surface area contributed by atoms with Gasteiger partial charge < -0.3 is 15.8 Å². The Morgan fingerprint density at radius 2 is 2.00 bits per heavy atom. The number of nitrogens with two attached hydrogens (primary N) is 1. The zero-order valence-corrected chi connectivity index (χ0v) is 12.7. The van der Waals surface area contributed by atoms with Crippen LogP contribution in [0.3, 0.4) is 0 Å². The molecular weight excluding hydrogens is 240 g/mol. The van der Waals surface area contributed by atoms with Crippen molar-refractivity contribution >= 4 is 5.91 Å². The summed E-state index contributed by atoms with van der Waals surface area (Å²) in [5.41, 5.74) is 6.11. The van der Waals surface area contributed by atoms with E-state index < -0.39 is 6.04 Å². The summed E-state index contributed by atoms with van der Waals surface area (Å²) >= 11 is 0. The van der Waals surface area contributed by atoms with E-state index in [1.165, 1.54) is 25.7 Å². The molecule has 0 radical (unpaired) electrons. The maximum atomic E-state index is 11.9. The Morgan fingerprint density at radius 1 is 1.37 bits per heavy atom. The normalized spacial score (nSPS) is 19.6. The van der Waals surface area contributed by atoms with E-state index in [4.69, 9.17) is 10.5 Å². The van der Waals surface area contributed by atoms with E-state index in [9.17, 15) is 4.79 Å². The van der Waals surface area contributed by atoms with Crippen LogP contribution in [0.2, 0.25) is 0 Å². The second-order valence-corrected chi connectivity index (χ2v) is 6.14. The van der Waals surface area contributed by atoms with E-state index in [0.717, 1.165) is 26.2 Å². The molecule has 4 heteroatoms. The van der Waals surface area contributed by atoms with Gasteiger partial charge in [0.05, 0.1) is 6.04 Å². The van der Waals surface area contributed by atoms with Crippen molar-refractivity contribution in [2.45, 2.75) is 58.9 Å². The van der Waals surface area contributed by atoms with Gasteiger partial charge in [0.25, 0.3) is 0 Å². The molecule has 0 heterocycles. The highest BCUT2D eigenvalue weighted by atomic mass is 16.5. The molecule has 0 saturated heterocycles. The summed E-state index contributed by atoms with van der Waals surface area (Å²) in [6, 6.07) is -0.398. The minimum Gasteiger partial charge on any atom is -0.382 e. The molecule has 1 fully saturated rings. The fourth-order valence-electron chi connectivity index (χ4n) is 2.77. The van der Waals surface area contributed by atoms with Gasteiger partial charge in [0.2, 0.25) is 5.91 Å². The number of hydrogen-bond donors (Lipinski definition) is 2. The summed E-state index contributed by atoms with van der Waals surface area (Å²) in [6.45, 7) is 8.28. The van der Waals surface area contributed by atoms with Gasteiger partial charge in [-0.25, -0.2) is 0 Å². The smallest absolute Gasteiger partial charge is 0.237 e. The molecule has 1 amide bonds. The number of nitrogens with one attached hydrogen (secondary N) is 1. The molecule has 1 rings (SSSR count). The third-order valence-corrected chi connectivity index (χ3v) is 4.30. The lowest BCUT2D eigenvalue weighted by molar-refractivity contribution is -0.123. The maximum absolute atomic E-state index is 11.9. The van der Waals surface area contributed by atoms with Gasteiger partial charge in [-0.3, -0.25) is 4.79 Å². The van der Waals surface area contributed by atoms with E-state index >= 15 is 0 Å². The van der Waals surface area contributed by atoms with Gasteiger partial charge >= 0.3 is 0 Å². The van der Waals surface area contributed by atoms with Gasteiger partial charge in [-0.05, 0) is 37.5 Å². The first-order valence-electron chi connectivity index (χ1n) is 7.62. The van der Waals surface area contributed by atoms with Crippen molar-refractivity contribution in [2.75, 3.05) is 19.8 Å². The molecule has 4 nitrogen and oxygen atoms in total. The van der Waals surface area contributed by atoms with E-state index in [0.29, 0.717) is 0 Å². The Labute approximate surface area is 117 Å². The summed E-state index contributed by atoms with van der Waals surface area (Å²) in [7, 11) is 0. The molecule has 1 saturated carbocycles. The Bertz CT molecular complexity index is 273. The molecular formula is C15H30N2O2. The molecule has 0 unspecified atom stereocenters. The van der Waals surface area contributed by atoms with Crippen LogP contribution in [-0.2, 0) is 9.53 Å². The average Bonchev–Trinajstić information content (AvgIpc) is 2.84. The first-order chi connectivity index (χ1) is 9.01. The summed E-state index contributed by atoms with van der Waals surface area (Å²) in [4.78, 5) is 11.9. The zero-order chi connectivity index (χ0) is 14.3. The molecule has 112 valence electrons. The minimum atomic E-state index is -0.398. The highest BCUT2D eigenvalue weighted by Crippen LogP contribution is 2.40. The third kappa shape index (κ3) is 5.11. The first kappa shape index (κ1) is 16.4. The van der Waals surface area contributed by atoms with Crippen molar-refractivity contribution in [1.82, 2.24) is 5.32 Å². The van der Waals surface area contributed by atoms with Crippen LogP contribution in [0.5, 0.6) is 0 Å². The predicted octanol–water partition coefficient (Wildman–Crippen LogP) is 2.07. The Hall–Kier alpha value is -0.610. The molecule has 1 atom stereocenters. The zero-order valence-electron chi connectivity index (χ0n) is 12.7. The number of carbonyl (C=O) groups excluding carboxylic acids is 1. The molecule has 0 bridgehead atoms. The van der Waals surface area contributed by atoms with Crippen molar-refractivity contribution in [3.8, 4) is 0 Å². The monoisotopic (exact) mass is 270 g/mol. The van der Waals surface area contributed by atoms with E-state index in [-0.39, 0.29) is 17.2 Å². The SMILES string of the molecule is CCOCCC1(CNC(=O)[C@@H](N)C(C)C)CCCC1. The molecule has 1 aliphatic rings. The highest BCUT2D eigenvalue weighted by Gasteiger charge is 2.34. The van der Waals surface area contributed by atoms with Crippen LogP contribution in [0.1, 0.15) is 52.9 Å². The van der Waals surface area contributed by atoms with Crippen LogP contribution >= 0.6 is 0 Å². The Kier molecular flexibility index (Phi) is 6.80. The quantitative estimate of drug-likeness (QED) is 0.664. The number of amides is 1. The summed E-state index contributed by atoms with van der Waals surface area (Å²) < 4.78 is 5.48. The van der Waals surface area contributed by atoms with E-state index in [1.807, 2.05) is 20.8 Å². The Morgan fingerprint density at radius 3 is 2.53 bits per heavy atom. The van der Waals surface area contributed by atoms with Crippen molar-refractivity contribution in [3.05, 3.63) is 0 Å². The lowest BCUT2D eigenvalue weighted by Crippen LogP contribution is -2.47. The topological polar surface area (TPSA) is 64.3 Å². The van der Waals surface area contributed by atoms with Gasteiger partial charge in [-0.1, -0.05) is 26.7 Å². The third-order valence-electron chi connectivity index (χ3n) is 4.30. The van der Waals surface area contributed by atoms with Crippen LogP contribution in [0.15, 0.2) is 0 Å². The van der Waals surface area contributed by atoms with Crippen molar-refractivity contribution in [2.24, 2.45) is 17.1 Å². The molecule has 0 aliphatic heterocycles. The van der Waals surface area contributed by atoms with Gasteiger partial charge in [-0.15, -0.1) is 0 Å². The summed E-state index contributed by atoms with van der Waals surface area (Å²) in [6.07, 6.45) is 5.95. The van der Waals surface area contributed by atoms with Crippen LogP contribution in [0.4, 0.5) is 0 Å². The van der Waals surface area contributed by atoms with Crippen molar-refractivity contribution in [1.29, 1.82) is 0 Å². The van der Waals surface area contributed by atoms with Crippen LogP contribution in [0.25, 0.3) is 0 Å². The number of ether oxygens (including phenoxy) is 1. The standard InChI is InChI=1S/C15H30N2O2/c1-4-19-10-9-15(7-5-6-8-15)11-17-14(18)13(16)12(2)3/h12-13H,4-11,16H2,1-3H3,(H,17,18)/t13-/m0/s1. The lowest BCUT2D eigenvalue weighted by Gasteiger charge is -2.30. The fraction of sp³-hybridized carbons (Fsp3) is 0.933. The maximum Gasteiger partial charge on any atom is 0.237 e. The second-order valence-electron chi connectivity index (χ2n) is 6.14. The minimum absolute atomic E-state index is 0.0160. The lowest BCUT2D eigenvalue weighted by atomic mass is 9.82. The predicted molar refractivity (Wildman–Crippen MR) is 77.8 cm³/mol. The van der Waals surface area contributed by atoms with Crippen LogP contribution < -0.4 is 11.1 Å². The van der Waals surface area contributed by atoms with Gasteiger partial charge in [-0.2, -0.15) is 0 Å². The molecule has 0 spiro atoms. The van der Waals surface area contributed by atoms with E-state index in [2.05, 4.69) is 5.32 Å². The Balaban J connectivity index is 2.43. The second kappa shape index (κ2) is 7.85. The fourth-order valence-corrected chi connectivity index (χ4v) is 2.77. The molecule has 19 heavy (non-hydrogen) atoms. The van der Waals surface area contributed by atoms with Crippen molar-refractivity contribution < 1.29 is 9.53 Å². The van der Waals surface area contributed by atoms with Crippen LogP contribution in [0, 0.1) is 11.3 Å². The number of carbonyl (C=O) groups is 1. The largest absolute Gasteiger partial charge is 0.382 e. The molecule has 0 aromatic carbocycles. The van der Waals surface area contributed by atoms with Gasteiger partial charge in [0.15, 0.2) is 0 Å². The van der Waals surface area contributed by atoms with Gasteiger partial charge in [0, 0.05) is 19.8 Å². The first-order valence-corrected chi connectivity index (χ1v) is 7.62. The number of rotatable bonds is 8. The number of hydrogen-bond acceptors (Lipinski definition) is 3. The molecule has 1 aliphatic carbocycles. The molecule has 0 aromatic rings. The van der Waals surface area contributed by atoms with E-state index in [1.54, 1.807) is 0 Å². The highest BCUT2D eigenvalue weighted by molar-refractivity contribution is 5.81. The van der Waals surface area contributed by atoms with Crippen molar-refractivity contribution in [3.63, 3.8) is 0 Å². The van der Waals surface area contributed by atoms with Gasteiger partial charge in [0.1, 0.15) is 0 Å². The summed E-state index contributed by atoms with van der Waals surface area (Å²) in [5.74, 6) is 0.167. The molecule has 3 N–H and O–H groups in total. The molecule has 0 aromatic heterocycles. The van der Waals surface area contributed by atoms with Crippen LogP contribution in [-0.4, -0.2) is 31.7 Å². The summed E-state index contributed by atoms with van der Waals surface area (Å²) in [5, 5.41) is 3.05. The average molecular weight is 270 g/mol.